The standard InChI is InChI=1S/C16H14N2O2S/c19-16(20)10-5-3-6-11-14(10)18-15(17-11)13-8-9-4-1-2-7-12(9)21-13/h3,5-6,8H,1-2,4,7H2,(H,17,18)(H,19,20). The van der Waals surface area contributed by atoms with E-state index in [0.717, 1.165) is 29.1 Å². The summed E-state index contributed by atoms with van der Waals surface area (Å²) in [5, 5.41) is 9.24. The molecule has 2 heterocycles. The van der Waals surface area contributed by atoms with Crippen LogP contribution in [0, 0.1) is 0 Å². The molecule has 0 spiro atoms. The fraction of sp³-hybridized carbons (Fsp3) is 0.250. The van der Waals surface area contributed by atoms with Gasteiger partial charge in [-0.1, -0.05) is 6.07 Å². The van der Waals surface area contributed by atoms with Crippen LogP contribution in [0.15, 0.2) is 24.3 Å². The molecule has 0 unspecified atom stereocenters. The van der Waals surface area contributed by atoms with E-state index in [-0.39, 0.29) is 5.56 Å². The number of aromatic amines is 1. The van der Waals surface area contributed by atoms with E-state index < -0.39 is 5.97 Å². The van der Waals surface area contributed by atoms with E-state index in [1.165, 1.54) is 23.3 Å². The molecule has 3 aromatic rings. The number of benzene rings is 1. The number of carboxylic acids is 1. The van der Waals surface area contributed by atoms with E-state index in [2.05, 4.69) is 16.0 Å². The van der Waals surface area contributed by atoms with E-state index in [0.29, 0.717) is 5.52 Å². The van der Waals surface area contributed by atoms with Crippen LogP contribution in [0.25, 0.3) is 21.7 Å². The second-order valence-electron chi connectivity index (χ2n) is 5.36. The van der Waals surface area contributed by atoms with Crippen molar-refractivity contribution in [3.8, 4) is 10.7 Å². The number of H-pyrrole nitrogens is 1. The first-order valence-corrected chi connectivity index (χ1v) is 7.88. The van der Waals surface area contributed by atoms with Crippen LogP contribution < -0.4 is 0 Å². The van der Waals surface area contributed by atoms with Crippen molar-refractivity contribution in [1.29, 1.82) is 0 Å². The van der Waals surface area contributed by atoms with Crippen LogP contribution in [0.1, 0.15) is 33.6 Å². The molecule has 1 aliphatic carbocycles. The monoisotopic (exact) mass is 298 g/mol. The Kier molecular flexibility index (Phi) is 2.82. The second-order valence-corrected chi connectivity index (χ2v) is 6.50. The summed E-state index contributed by atoms with van der Waals surface area (Å²) in [6.45, 7) is 0. The zero-order valence-corrected chi connectivity index (χ0v) is 12.2. The fourth-order valence-electron chi connectivity index (χ4n) is 2.93. The maximum absolute atomic E-state index is 11.3. The summed E-state index contributed by atoms with van der Waals surface area (Å²) in [5.41, 5.74) is 2.99. The lowest BCUT2D eigenvalue weighted by Gasteiger charge is -2.08. The van der Waals surface area contributed by atoms with Gasteiger partial charge in [0.25, 0.3) is 0 Å². The third kappa shape index (κ3) is 2.05. The number of hydrogen-bond acceptors (Lipinski definition) is 3. The highest BCUT2D eigenvalue weighted by Crippen LogP contribution is 2.35. The number of thiophene rings is 1. The molecule has 1 aromatic carbocycles. The van der Waals surface area contributed by atoms with Gasteiger partial charge >= 0.3 is 5.97 Å². The van der Waals surface area contributed by atoms with Gasteiger partial charge in [0, 0.05) is 4.88 Å². The maximum Gasteiger partial charge on any atom is 0.337 e. The predicted molar refractivity (Wildman–Crippen MR) is 83.0 cm³/mol. The molecule has 5 heteroatoms. The lowest BCUT2D eigenvalue weighted by atomic mass is 9.99. The highest BCUT2D eigenvalue weighted by atomic mass is 32.1. The first-order valence-electron chi connectivity index (χ1n) is 7.06. The number of nitrogens with one attached hydrogen (secondary N) is 1. The third-order valence-corrected chi connectivity index (χ3v) is 5.22. The Balaban J connectivity index is 1.85. The molecular formula is C16H14N2O2S. The summed E-state index contributed by atoms with van der Waals surface area (Å²) in [7, 11) is 0. The van der Waals surface area contributed by atoms with Gasteiger partial charge in [0.1, 0.15) is 11.3 Å². The molecule has 0 saturated heterocycles. The highest BCUT2D eigenvalue weighted by Gasteiger charge is 2.18. The summed E-state index contributed by atoms with van der Waals surface area (Å²) in [5.74, 6) is -0.165. The number of carbonyl (C=O) groups is 1. The number of aryl methyl sites for hydroxylation is 2. The van der Waals surface area contributed by atoms with Crippen molar-refractivity contribution in [2.45, 2.75) is 25.7 Å². The largest absolute Gasteiger partial charge is 0.478 e. The zero-order chi connectivity index (χ0) is 14.4. The summed E-state index contributed by atoms with van der Waals surface area (Å²) in [6, 6.07) is 7.41. The molecule has 0 bridgehead atoms. The SMILES string of the molecule is O=C(O)c1cccc2[nH]c(-c3cc4c(s3)CCCC4)nc12. The number of aromatic nitrogens is 2. The van der Waals surface area contributed by atoms with Crippen LogP contribution in [0.3, 0.4) is 0 Å². The molecule has 2 N–H and O–H groups in total. The van der Waals surface area contributed by atoms with Crippen molar-refractivity contribution in [3.05, 3.63) is 40.3 Å². The van der Waals surface area contributed by atoms with Gasteiger partial charge in [-0.2, -0.15) is 0 Å². The number of imidazole rings is 1. The normalized spacial score (nSPS) is 14.3. The lowest BCUT2D eigenvalue weighted by Crippen LogP contribution is -1.96. The molecule has 0 atom stereocenters. The summed E-state index contributed by atoms with van der Waals surface area (Å²) in [6.07, 6.45) is 4.82. The number of rotatable bonds is 2. The number of hydrogen-bond donors (Lipinski definition) is 2. The molecule has 106 valence electrons. The van der Waals surface area contributed by atoms with Gasteiger partial charge < -0.3 is 10.1 Å². The molecule has 4 nitrogen and oxygen atoms in total. The quantitative estimate of drug-likeness (QED) is 0.754. The van der Waals surface area contributed by atoms with Crippen LogP contribution in [-0.4, -0.2) is 21.0 Å². The van der Waals surface area contributed by atoms with Crippen molar-refractivity contribution in [2.24, 2.45) is 0 Å². The average molecular weight is 298 g/mol. The van der Waals surface area contributed by atoms with E-state index >= 15 is 0 Å². The molecule has 4 rings (SSSR count). The van der Waals surface area contributed by atoms with Gasteiger partial charge in [0.2, 0.25) is 0 Å². The Hall–Kier alpha value is -2.14. The topological polar surface area (TPSA) is 66.0 Å². The molecule has 1 aliphatic rings. The minimum absolute atomic E-state index is 0.247. The lowest BCUT2D eigenvalue weighted by molar-refractivity contribution is 0.0699. The van der Waals surface area contributed by atoms with Gasteiger partial charge in [0.05, 0.1) is 16.0 Å². The van der Waals surface area contributed by atoms with E-state index in [1.807, 2.05) is 6.07 Å². The van der Waals surface area contributed by atoms with Crippen LogP contribution in [0.2, 0.25) is 0 Å². The minimum Gasteiger partial charge on any atom is -0.478 e. The molecule has 2 aromatic heterocycles. The molecule has 0 fully saturated rings. The number of nitrogens with zero attached hydrogens (tertiary/aromatic N) is 1. The Bertz CT molecular complexity index is 824. The van der Waals surface area contributed by atoms with Crippen molar-refractivity contribution in [2.75, 3.05) is 0 Å². The Morgan fingerprint density at radius 1 is 1.29 bits per heavy atom. The van der Waals surface area contributed by atoms with Crippen LogP contribution in [-0.2, 0) is 12.8 Å². The predicted octanol–water partition coefficient (Wildman–Crippen LogP) is 3.87. The maximum atomic E-state index is 11.3. The fourth-order valence-corrected chi connectivity index (χ4v) is 4.13. The number of para-hydroxylation sites is 1. The van der Waals surface area contributed by atoms with Crippen molar-refractivity contribution < 1.29 is 9.90 Å². The average Bonchev–Trinajstić information content (AvgIpc) is 3.09. The highest BCUT2D eigenvalue weighted by molar-refractivity contribution is 7.15. The molecule has 0 aliphatic heterocycles. The van der Waals surface area contributed by atoms with Gasteiger partial charge in [0.15, 0.2) is 0 Å². The second kappa shape index (κ2) is 4.70. The number of aromatic carboxylic acids is 1. The molecule has 21 heavy (non-hydrogen) atoms. The van der Waals surface area contributed by atoms with Gasteiger partial charge in [-0.15, -0.1) is 11.3 Å². The van der Waals surface area contributed by atoms with E-state index in [4.69, 9.17) is 0 Å². The number of fused-ring (bicyclic) bond motifs is 2. The van der Waals surface area contributed by atoms with Gasteiger partial charge in [-0.3, -0.25) is 0 Å². The summed E-state index contributed by atoms with van der Waals surface area (Å²) >= 11 is 1.78. The van der Waals surface area contributed by atoms with Gasteiger partial charge in [-0.05, 0) is 49.4 Å². The molecule has 0 radical (unpaired) electrons. The third-order valence-electron chi connectivity index (χ3n) is 3.97. The minimum atomic E-state index is -0.941. The number of carboxylic acid groups (broad SMARTS) is 1. The first-order chi connectivity index (χ1) is 10.2. The van der Waals surface area contributed by atoms with Crippen LogP contribution in [0.5, 0.6) is 0 Å². The summed E-state index contributed by atoms with van der Waals surface area (Å²) in [4.78, 5) is 21.6. The van der Waals surface area contributed by atoms with Crippen molar-refractivity contribution in [1.82, 2.24) is 9.97 Å². The van der Waals surface area contributed by atoms with Crippen molar-refractivity contribution in [3.63, 3.8) is 0 Å². The molecule has 0 saturated carbocycles. The van der Waals surface area contributed by atoms with E-state index in [9.17, 15) is 9.90 Å². The molecule has 0 amide bonds. The van der Waals surface area contributed by atoms with Crippen LogP contribution in [0.4, 0.5) is 0 Å². The first kappa shape index (κ1) is 12.6. The summed E-state index contributed by atoms with van der Waals surface area (Å²) < 4.78 is 0. The van der Waals surface area contributed by atoms with Crippen LogP contribution >= 0.6 is 11.3 Å². The van der Waals surface area contributed by atoms with Crippen molar-refractivity contribution >= 4 is 28.3 Å². The molecular weight excluding hydrogens is 284 g/mol. The van der Waals surface area contributed by atoms with E-state index in [1.54, 1.807) is 23.5 Å². The Morgan fingerprint density at radius 3 is 2.95 bits per heavy atom. The Morgan fingerprint density at radius 2 is 2.14 bits per heavy atom. The zero-order valence-electron chi connectivity index (χ0n) is 11.3. The smallest absolute Gasteiger partial charge is 0.337 e. The Labute approximate surface area is 125 Å². The van der Waals surface area contributed by atoms with Gasteiger partial charge in [-0.25, -0.2) is 9.78 Å².